The minimum atomic E-state index is -2.51. The van der Waals surface area contributed by atoms with E-state index in [1.165, 1.54) is 23.8 Å². The number of hydrogen-bond acceptors (Lipinski definition) is 1. The van der Waals surface area contributed by atoms with Crippen LogP contribution in [0, 0.1) is 5.82 Å². The molecule has 1 nitrogen and oxygen atoms in total. The maximum absolute atomic E-state index is 12.6. The van der Waals surface area contributed by atoms with Gasteiger partial charge in [0.1, 0.15) is 13.0 Å². The highest BCUT2D eigenvalue weighted by atomic mass is 31.2. The van der Waals surface area contributed by atoms with Crippen molar-refractivity contribution in [1.82, 2.24) is 0 Å². The standard InChI is InChI=1S/C11H12FOP/c1-3-14(13,4-2)9-10-5-7-11(12)8-6-10/h3-8H,1-2,9H2. The lowest BCUT2D eigenvalue weighted by molar-refractivity contribution is 0.585. The van der Waals surface area contributed by atoms with Crippen molar-refractivity contribution in [2.75, 3.05) is 0 Å². The minimum absolute atomic E-state index is 0.291. The second-order valence-electron chi connectivity index (χ2n) is 3.00. The summed E-state index contributed by atoms with van der Waals surface area (Å²) in [4.78, 5) is 0. The van der Waals surface area contributed by atoms with E-state index in [2.05, 4.69) is 13.2 Å². The lowest BCUT2D eigenvalue weighted by atomic mass is 10.2. The predicted octanol–water partition coefficient (Wildman–Crippen LogP) is 3.98. The van der Waals surface area contributed by atoms with Gasteiger partial charge < -0.3 is 4.57 Å². The topological polar surface area (TPSA) is 17.1 Å². The van der Waals surface area contributed by atoms with Crippen LogP contribution in [0.5, 0.6) is 0 Å². The third kappa shape index (κ3) is 2.68. The van der Waals surface area contributed by atoms with Crippen molar-refractivity contribution in [2.45, 2.75) is 6.16 Å². The van der Waals surface area contributed by atoms with E-state index in [1.54, 1.807) is 12.1 Å². The summed E-state index contributed by atoms with van der Waals surface area (Å²) in [5.41, 5.74) is 0.828. The van der Waals surface area contributed by atoms with Crippen LogP contribution in [-0.2, 0) is 10.7 Å². The molecule has 74 valence electrons. The molecule has 0 aliphatic rings. The fraction of sp³-hybridized carbons (Fsp3) is 0.0909. The van der Waals surface area contributed by atoms with Gasteiger partial charge in [0.15, 0.2) is 0 Å². The van der Waals surface area contributed by atoms with Crippen LogP contribution in [0.3, 0.4) is 0 Å². The van der Waals surface area contributed by atoms with Crippen molar-refractivity contribution < 1.29 is 8.96 Å². The molecule has 0 atom stereocenters. The van der Waals surface area contributed by atoms with Gasteiger partial charge in [-0.05, 0) is 29.3 Å². The van der Waals surface area contributed by atoms with E-state index >= 15 is 0 Å². The predicted molar refractivity (Wildman–Crippen MR) is 58.1 cm³/mol. The summed E-state index contributed by atoms with van der Waals surface area (Å²) < 4.78 is 24.4. The number of halogens is 1. The maximum atomic E-state index is 12.6. The van der Waals surface area contributed by atoms with Crippen LogP contribution in [0.4, 0.5) is 4.39 Å². The Kier molecular flexibility index (Phi) is 3.43. The Bertz CT molecular complexity index is 369. The number of rotatable bonds is 4. The van der Waals surface area contributed by atoms with Gasteiger partial charge in [-0.1, -0.05) is 25.3 Å². The largest absolute Gasteiger partial charge is 0.315 e. The fourth-order valence-corrected chi connectivity index (χ4v) is 2.27. The third-order valence-corrected chi connectivity index (χ3v) is 4.06. The Morgan fingerprint density at radius 2 is 1.71 bits per heavy atom. The molecule has 0 unspecified atom stereocenters. The van der Waals surface area contributed by atoms with Crippen LogP contribution in [0.25, 0.3) is 0 Å². The van der Waals surface area contributed by atoms with E-state index in [0.717, 1.165) is 5.56 Å². The van der Waals surface area contributed by atoms with Gasteiger partial charge in [0.25, 0.3) is 0 Å². The van der Waals surface area contributed by atoms with Crippen LogP contribution in [0.2, 0.25) is 0 Å². The zero-order chi connectivity index (χ0) is 10.6. The summed E-state index contributed by atoms with van der Waals surface area (Å²) >= 11 is 0. The quantitative estimate of drug-likeness (QED) is 0.687. The molecule has 0 radical (unpaired) electrons. The highest BCUT2D eigenvalue weighted by Gasteiger charge is 2.13. The highest BCUT2D eigenvalue weighted by molar-refractivity contribution is 7.69. The van der Waals surface area contributed by atoms with Crippen molar-refractivity contribution >= 4 is 7.14 Å². The molecular weight excluding hydrogens is 198 g/mol. The van der Waals surface area contributed by atoms with E-state index in [1.807, 2.05) is 0 Å². The SMILES string of the molecule is C=CP(=O)(C=C)Cc1ccc(F)cc1. The molecule has 0 aliphatic carbocycles. The van der Waals surface area contributed by atoms with Crippen LogP contribution < -0.4 is 0 Å². The van der Waals surface area contributed by atoms with Gasteiger partial charge in [-0.15, -0.1) is 0 Å². The third-order valence-electron chi connectivity index (χ3n) is 1.96. The molecule has 1 rings (SSSR count). The number of benzene rings is 1. The van der Waals surface area contributed by atoms with Gasteiger partial charge in [0, 0.05) is 6.16 Å². The molecule has 1 aromatic carbocycles. The second-order valence-corrected chi connectivity index (χ2v) is 5.76. The molecule has 0 heterocycles. The van der Waals surface area contributed by atoms with Crippen molar-refractivity contribution in [3.63, 3.8) is 0 Å². The Morgan fingerprint density at radius 3 is 2.14 bits per heavy atom. The van der Waals surface area contributed by atoms with E-state index in [4.69, 9.17) is 0 Å². The first kappa shape index (κ1) is 10.9. The van der Waals surface area contributed by atoms with Gasteiger partial charge in [-0.2, -0.15) is 0 Å². The monoisotopic (exact) mass is 210 g/mol. The molecule has 1 aromatic rings. The Morgan fingerprint density at radius 1 is 1.21 bits per heavy atom. The average molecular weight is 210 g/mol. The molecule has 0 spiro atoms. The van der Waals surface area contributed by atoms with Crippen LogP contribution in [-0.4, -0.2) is 0 Å². The normalized spacial score (nSPS) is 10.9. The molecule has 0 saturated carbocycles. The van der Waals surface area contributed by atoms with Gasteiger partial charge in [0.05, 0.1) is 0 Å². The average Bonchev–Trinajstić information content (AvgIpc) is 2.21. The van der Waals surface area contributed by atoms with Crippen LogP contribution in [0.15, 0.2) is 49.1 Å². The van der Waals surface area contributed by atoms with E-state index < -0.39 is 7.14 Å². The first-order valence-corrected chi connectivity index (χ1v) is 6.23. The smallest absolute Gasteiger partial charge is 0.132 e. The summed E-state index contributed by atoms with van der Waals surface area (Å²) in [6.45, 7) is 7.02. The molecule has 0 fully saturated rings. The molecule has 0 bridgehead atoms. The number of hydrogen-bond donors (Lipinski definition) is 0. The molecule has 0 N–H and O–H groups in total. The summed E-state index contributed by atoms with van der Waals surface area (Å²) in [5.74, 6) is 2.55. The molecule has 3 heteroatoms. The molecule has 0 aromatic heterocycles. The lowest BCUT2D eigenvalue weighted by Gasteiger charge is -2.08. The summed E-state index contributed by atoms with van der Waals surface area (Å²) in [5, 5.41) is 0. The zero-order valence-corrected chi connectivity index (χ0v) is 8.71. The van der Waals surface area contributed by atoms with Crippen LogP contribution >= 0.6 is 7.14 Å². The van der Waals surface area contributed by atoms with E-state index in [9.17, 15) is 8.96 Å². The van der Waals surface area contributed by atoms with Gasteiger partial charge in [-0.3, -0.25) is 0 Å². The molecule has 14 heavy (non-hydrogen) atoms. The van der Waals surface area contributed by atoms with E-state index in [-0.39, 0.29) is 5.82 Å². The highest BCUT2D eigenvalue weighted by Crippen LogP contribution is 2.50. The summed E-state index contributed by atoms with van der Waals surface area (Å²) in [6, 6.07) is 5.95. The van der Waals surface area contributed by atoms with Crippen molar-refractivity contribution in [3.05, 3.63) is 60.4 Å². The minimum Gasteiger partial charge on any atom is -0.315 e. The fourth-order valence-electron chi connectivity index (χ4n) is 1.08. The zero-order valence-electron chi connectivity index (χ0n) is 7.82. The van der Waals surface area contributed by atoms with Gasteiger partial charge in [0.2, 0.25) is 0 Å². The van der Waals surface area contributed by atoms with Crippen molar-refractivity contribution in [1.29, 1.82) is 0 Å². The van der Waals surface area contributed by atoms with Gasteiger partial charge in [-0.25, -0.2) is 4.39 Å². The van der Waals surface area contributed by atoms with Gasteiger partial charge >= 0.3 is 0 Å². The molecule has 0 aliphatic heterocycles. The van der Waals surface area contributed by atoms with E-state index in [0.29, 0.717) is 6.16 Å². The van der Waals surface area contributed by atoms with Crippen LogP contribution in [0.1, 0.15) is 5.56 Å². The molecule has 0 saturated heterocycles. The Hall–Kier alpha value is -1.14. The lowest BCUT2D eigenvalue weighted by Crippen LogP contribution is -1.84. The first-order chi connectivity index (χ1) is 6.59. The Labute approximate surface area is 83.3 Å². The molecular formula is C11H12FOP. The Balaban J connectivity index is 2.88. The summed E-state index contributed by atoms with van der Waals surface area (Å²) in [6.07, 6.45) is 0.361. The molecule has 0 amide bonds. The summed E-state index contributed by atoms with van der Waals surface area (Å²) in [7, 11) is -2.51. The van der Waals surface area contributed by atoms with Crippen molar-refractivity contribution in [3.8, 4) is 0 Å². The first-order valence-electron chi connectivity index (χ1n) is 4.20. The van der Waals surface area contributed by atoms with Crippen molar-refractivity contribution in [2.24, 2.45) is 0 Å². The maximum Gasteiger partial charge on any atom is 0.132 e. The second kappa shape index (κ2) is 4.39.